The molecule has 0 saturated heterocycles. The topological polar surface area (TPSA) is 82.0 Å². The Kier molecular flexibility index (Phi) is 4.00. The molecule has 0 aromatic heterocycles. The lowest BCUT2D eigenvalue weighted by Gasteiger charge is -2.30. The molecule has 18 heavy (non-hydrogen) atoms. The maximum absolute atomic E-state index is 13.1. The Morgan fingerprint density at radius 1 is 1.17 bits per heavy atom. The predicted octanol–water partition coefficient (Wildman–Crippen LogP) is 1.28. The van der Waals surface area contributed by atoms with E-state index in [1.807, 2.05) is 5.48 Å². The van der Waals surface area contributed by atoms with Crippen LogP contribution in [-0.2, 0) is 0 Å². The van der Waals surface area contributed by atoms with Crippen molar-refractivity contribution in [3.63, 3.8) is 0 Å². The van der Waals surface area contributed by atoms with E-state index in [4.69, 9.17) is 9.94 Å². The Morgan fingerprint density at radius 2 is 1.83 bits per heavy atom. The molecule has 1 fully saturated rings. The van der Waals surface area contributed by atoms with Crippen LogP contribution in [0.5, 0.6) is 5.75 Å². The zero-order chi connectivity index (χ0) is 13.1. The first kappa shape index (κ1) is 13.1. The van der Waals surface area contributed by atoms with Crippen LogP contribution in [0.2, 0.25) is 0 Å². The lowest BCUT2D eigenvalue weighted by molar-refractivity contribution is -0.0154. The molecule has 2 rings (SSSR count). The maximum atomic E-state index is 13.1. The average Bonchev–Trinajstić information content (AvgIpc) is 2.27. The van der Waals surface area contributed by atoms with Gasteiger partial charge in [-0.25, -0.2) is 4.39 Å². The van der Waals surface area contributed by atoms with Crippen molar-refractivity contribution in [2.75, 3.05) is 5.48 Å². The van der Waals surface area contributed by atoms with Gasteiger partial charge < -0.3 is 14.9 Å². The molecule has 1 aromatic carbocycles. The third-order valence-electron chi connectivity index (χ3n) is 2.97. The van der Waals surface area contributed by atoms with Crippen molar-refractivity contribution in [3.05, 3.63) is 24.0 Å². The van der Waals surface area contributed by atoms with Crippen LogP contribution in [-0.4, -0.2) is 33.7 Å². The SMILES string of the molecule is ONc1ccc(F)cc1OC1C[C@H](O)C[C@@H](O)C1. The molecule has 1 aromatic rings. The van der Waals surface area contributed by atoms with Crippen LogP contribution in [0.15, 0.2) is 18.2 Å². The number of hydrogen-bond acceptors (Lipinski definition) is 5. The monoisotopic (exact) mass is 257 g/mol. The van der Waals surface area contributed by atoms with Crippen molar-refractivity contribution >= 4 is 5.69 Å². The van der Waals surface area contributed by atoms with E-state index < -0.39 is 24.1 Å². The Labute approximate surface area is 104 Å². The fourth-order valence-corrected chi connectivity index (χ4v) is 2.17. The molecular formula is C12H16FNO4. The average molecular weight is 257 g/mol. The Morgan fingerprint density at radius 3 is 2.44 bits per heavy atom. The van der Waals surface area contributed by atoms with Crippen LogP contribution >= 0.6 is 0 Å². The van der Waals surface area contributed by atoms with Crippen molar-refractivity contribution in [1.82, 2.24) is 0 Å². The van der Waals surface area contributed by atoms with Gasteiger partial charge in [0.2, 0.25) is 0 Å². The summed E-state index contributed by atoms with van der Waals surface area (Å²) >= 11 is 0. The highest BCUT2D eigenvalue weighted by Gasteiger charge is 2.28. The largest absolute Gasteiger partial charge is 0.488 e. The molecule has 0 spiro atoms. The van der Waals surface area contributed by atoms with E-state index >= 15 is 0 Å². The Hall–Kier alpha value is -1.37. The fraction of sp³-hybridized carbons (Fsp3) is 0.500. The third kappa shape index (κ3) is 3.10. The zero-order valence-corrected chi connectivity index (χ0v) is 9.71. The van der Waals surface area contributed by atoms with E-state index in [-0.39, 0.29) is 11.4 Å². The van der Waals surface area contributed by atoms with E-state index in [1.165, 1.54) is 12.1 Å². The van der Waals surface area contributed by atoms with Gasteiger partial charge in [-0.2, -0.15) is 0 Å². The summed E-state index contributed by atoms with van der Waals surface area (Å²) in [6.07, 6.45) is -0.585. The molecule has 2 atom stereocenters. The summed E-state index contributed by atoms with van der Waals surface area (Å²) in [5.41, 5.74) is 2.16. The fourth-order valence-electron chi connectivity index (χ4n) is 2.17. The zero-order valence-electron chi connectivity index (χ0n) is 9.71. The van der Waals surface area contributed by atoms with Crippen molar-refractivity contribution in [2.45, 2.75) is 37.6 Å². The molecule has 0 radical (unpaired) electrons. The van der Waals surface area contributed by atoms with Gasteiger partial charge in [0.1, 0.15) is 23.4 Å². The minimum atomic E-state index is -0.627. The van der Waals surface area contributed by atoms with Gasteiger partial charge in [0.25, 0.3) is 0 Å². The minimum Gasteiger partial charge on any atom is -0.488 e. The van der Waals surface area contributed by atoms with Gasteiger partial charge in [0, 0.05) is 18.9 Å². The summed E-state index contributed by atoms with van der Waals surface area (Å²) in [6.45, 7) is 0. The Bertz CT molecular complexity index is 405. The normalized spacial score (nSPS) is 27.9. The summed E-state index contributed by atoms with van der Waals surface area (Å²) in [6, 6.07) is 3.68. The third-order valence-corrected chi connectivity index (χ3v) is 2.97. The second-order valence-corrected chi connectivity index (χ2v) is 4.51. The minimum absolute atomic E-state index is 0.156. The first-order valence-corrected chi connectivity index (χ1v) is 5.81. The summed E-state index contributed by atoms with van der Waals surface area (Å²) in [5.74, 6) is -0.329. The summed E-state index contributed by atoms with van der Waals surface area (Å²) < 4.78 is 18.6. The first-order valence-electron chi connectivity index (χ1n) is 5.81. The van der Waals surface area contributed by atoms with Crippen LogP contribution in [0.3, 0.4) is 0 Å². The van der Waals surface area contributed by atoms with Crippen LogP contribution in [0.1, 0.15) is 19.3 Å². The quantitative estimate of drug-likeness (QED) is 0.613. The molecule has 4 N–H and O–H groups in total. The van der Waals surface area contributed by atoms with Gasteiger partial charge in [0.15, 0.2) is 0 Å². The number of ether oxygens (including phenoxy) is 1. The number of nitrogens with one attached hydrogen (secondary N) is 1. The number of aliphatic hydroxyl groups excluding tert-OH is 2. The molecule has 0 aliphatic heterocycles. The van der Waals surface area contributed by atoms with Gasteiger partial charge in [-0.3, -0.25) is 10.7 Å². The summed E-state index contributed by atoms with van der Waals surface area (Å²) in [4.78, 5) is 0. The molecule has 1 aliphatic rings. The van der Waals surface area contributed by atoms with E-state index in [0.717, 1.165) is 6.07 Å². The standard InChI is InChI=1S/C12H16FNO4/c13-7-1-2-11(14-17)12(3-7)18-10-5-8(15)4-9(16)6-10/h1-3,8-10,14-17H,4-6H2/t8-,9-/m1/s1. The number of rotatable bonds is 3. The highest BCUT2D eigenvalue weighted by atomic mass is 19.1. The highest BCUT2D eigenvalue weighted by molar-refractivity contribution is 5.54. The van der Waals surface area contributed by atoms with E-state index in [1.54, 1.807) is 0 Å². The molecule has 0 bridgehead atoms. The van der Waals surface area contributed by atoms with Gasteiger partial charge in [-0.15, -0.1) is 0 Å². The molecule has 1 aliphatic carbocycles. The van der Waals surface area contributed by atoms with Gasteiger partial charge in [-0.05, 0) is 18.6 Å². The Balaban J connectivity index is 2.10. The molecule has 0 unspecified atom stereocenters. The van der Waals surface area contributed by atoms with Gasteiger partial charge >= 0.3 is 0 Å². The van der Waals surface area contributed by atoms with Crippen LogP contribution in [0, 0.1) is 5.82 Å². The second-order valence-electron chi connectivity index (χ2n) is 4.51. The summed E-state index contributed by atoms with van der Waals surface area (Å²) in [7, 11) is 0. The van der Waals surface area contributed by atoms with Crippen molar-refractivity contribution in [1.29, 1.82) is 0 Å². The van der Waals surface area contributed by atoms with Crippen molar-refractivity contribution in [3.8, 4) is 5.75 Å². The number of halogens is 1. The van der Waals surface area contributed by atoms with E-state index in [0.29, 0.717) is 19.3 Å². The van der Waals surface area contributed by atoms with Crippen LogP contribution < -0.4 is 10.2 Å². The lowest BCUT2D eigenvalue weighted by Crippen LogP contribution is -2.36. The molecule has 5 nitrogen and oxygen atoms in total. The van der Waals surface area contributed by atoms with Crippen molar-refractivity contribution in [2.24, 2.45) is 0 Å². The van der Waals surface area contributed by atoms with E-state index in [2.05, 4.69) is 0 Å². The lowest BCUT2D eigenvalue weighted by atomic mass is 9.92. The van der Waals surface area contributed by atoms with Crippen molar-refractivity contribution < 1.29 is 24.5 Å². The highest BCUT2D eigenvalue weighted by Crippen LogP contribution is 2.30. The predicted molar refractivity (Wildman–Crippen MR) is 62.1 cm³/mol. The molecule has 100 valence electrons. The smallest absolute Gasteiger partial charge is 0.148 e. The first-order chi connectivity index (χ1) is 8.58. The molecule has 1 saturated carbocycles. The number of aliphatic hydroxyl groups is 2. The van der Waals surface area contributed by atoms with Gasteiger partial charge in [0.05, 0.1) is 12.2 Å². The number of hydrogen-bond donors (Lipinski definition) is 4. The van der Waals surface area contributed by atoms with E-state index in [9.17, 15) is 14.6 Å². The molecule has 6 heteroatoms. The molecule has 0 heterocycles. The second kappa shape index (κ2) is 5.51. The summed E-state index contributed by atoms with van der Waals surface area (Å²) in [5, 5.41) is 28.0. The maximum Gasteiger partial charge on any atom is 0.148 e. The molecule has 0 amide bonds. The number of benzene rings is 1. The molecular weight excluding hydrogens is 241 g/mol. The van der Waals surface area contributed by atoms with Crippen LogP contribution in [0.4, 0.5) is 10.1 Å². The van der Waals surface area contributed by atoms with Crippen LogP contribution in [0.25, 0.3) is 0 Å². The van der Waals surface area contributed by atoms with Gasteiger partial charge in [-0.1, -0.05) is 0 Å². The number of anilines is 1.